The van der Waals surface area contributed by atoms with E-state index in [2.05, 4.69) is 10.3 Å². The van der Waals surface area contributed by atoms with E-state index in [-0.39, 0.29) is 17.8 Å². The van der Waals surface area contributed by atoms with Crippen molar-refractivity contribution >= 4 is 5.91 Å². The van der Waals surface area contributed by atoms with E-state index >= 15 is 0 Å². The Morgan fingerprint density at radius 3 is 2.94 bits per heavy atom. The van der Waals surface area contributed by atoms with E-state index in [0.717, 1.165) is 0 Å². The van der Waals surface area contributed by atoms with E-state index in [1.807, 2.05) is 13.8 Å². The maximum atomic E-state index is 11.7. The van der Waals surface area contributed by atoms with Crippen molar-refractivity contribution in [3.05, 3.63) is 17.8 Å². The molecular formula is C11H16N2O4. The van der Waals surface area contributed by atoms with Gasteiger partial charge in [0.2, 0.25) is 5.76 Å². The average Bonchev–Trinajstić information content (AvgIpc) is 2.81. The van der Waals surface area contributed by atoms with Gasteiger partial charge in [0.05, 0.1) is 12.3 Å². The minimum Gasteiger partial charge on any atom is -0.438 e. The van der Waals surface area contributed by atoms with Crippen molar-refractivity contribution in [1.29, 1.82) is 0 Å². The predicted octanol–water partition coefficient (Wildman–Crippen LogP) is 0.864. The molecule has 94 valence electrons. The van der Waals surface area contributed by atoms with Crippen molar-refractivity contribution in [2.45, 2.75) is 32.7 Å². The van der Waals surface area contributed by atoms with Crippen molar-refractivity contribution in [3.8, 4) is 0 Å². The standard InChI is InChI=1S/C11H16N2O4/c1-7-9(15-6-13-7)10(14)12-4-8-5-16-11(2,3)17-8/h6,8H,4-5H2,1-3H3,(H,12,14). The van der Waals surface area contributed by atoms with Crippen molar-refractivity contribution in [3.63, 3.8) is 0 Å². The molecule has 1 aromatic heterocycles. The largest absolute Gasteiger partial charge is 0.438 e. The Hall–Kier alpha value is -1.40. The monoisotopic (exact) mass is 240 g/mol. The number of oxazole rings is 1. The number of aromatic nitrogens is 1. The summed E-state index contributed by atoms with van der Waals surface area (Å²) in [5.74, 6) is -0.617. The predicted molar refractivity (Wildman–Crippen MR) is 58.5 cm³/mol. The lowest BCUT2D eigenvalue weighted by atomic mass is 10.3. The molecule has 0 spiro atoms. The first kappa shape index (κ1) is 12.1. The van der Waals surface area contributed by atoms with Crippen molar-refractivity contribution in [2.75, 3.05) is 13.2 Å². The van der Waals surface area contributed by atoms with Gasteiger partial charge in [0.1, 0.15) is 6.10 Å². The third kappa shape index (κ3) is 2.83. The highest BCUT2D eigenvalue weighted by atomic mass is 16.7. The lowest BCUT2D eigenvalue weighted by Crippen LogP contribution is -2.34. The first-order chi connectivity index (χ1) is 7.98. The van der Waals surface area contributed by atoms with Crippen molar-refractivity contribution in [2.24, 2.45) is 0 Å². The van der Waals surface area contributed by atoms with Crippen LogP contribution in [0.25, 0.3) is 0 Å². The van der Waals surface area contributed by atoms with Crippen LogP contribution in [0.5, 0.6) is 0 Å². The highest BCUT2D eigenvalue weighted by Gasteiger charge is 2.32. The van der Waals surface area contributed by atoms with Gasteiger partial charge >= 0.3 is 0 Å². The molecule has 1 aromatic rings. The second-order valence-corrected chi connectivity index (χ2v) is 4.43. The third-order valence-corrected chi connectivity index (χ3v) is 2.51. The van der Waals surface area contributed by atoms with Gasteiger partial charge in [-0.25, -0.2) is 4.98 Å². The molecular weight excluding hydrogens is 224 g/mol. The molecule has 17 heavy (non-hydrogen) atoms. The highest BCUT2D eigenvalue weighted by molar-refractivity contribution is 5.92. The molecule has 0 radical (unpaired) electrons. The Balaban J connectivity index is 1.84. The molecule has 6 heteroatoms. The van der Waals surface area contributed by atoms with E-state index in [9.17, 15) is 4.79 Å². The Morgan fingerprint density at radius 1 is 1.65 bits per heavy atom. The molecule has 1 amide bonds. The molecule has 1 fully saturated rings. The zero-order valence-corrected chi connectivity index (χ0v) is 10.1. The summed E-state index contributed by atoms with van der Waals surface area (Å²) in [4.78, 5) is 15.6. The first-order valence-electron chi connectivity index (χ1n) is 5.48. The van der Waals surface area contributed by atoms with Crippen LogP contribution in [0.4, 0.5) is 0 Å². The number of amides is 1. The van der Waals surface area contributed by atoms with E-state index in [1.165, 1.54) is 6.39 Å². The van der Waals surface area contributed by atoms with Crippen LogP contribution < -0.4 is 5.32 Å². The summed E-state index contributed by atoms with van der Waals surface area (Å²) in [5, 5.41) is 2.73. The molecule has 1 aliphatic rings. The van der Waals surface area contributed by atoms with E-state index in [0.29, 0.717) is 18.8 Å². The van der Waals surface area contributed by atoms with Gasteiger partial charge in [-0.05, 0) is 20.8 Å². The molecule has 1 atom stereocenters. The van der Waals surface area contributed by atoms with Crippen LogP contribution >= 0.6 is 0 Å². The summed E-state index contributed by atoms with van der Waals surface area (Å²) in [6.45, 7) is 6.27. The van der Waals surface area contributed by atoms with Crippen LogP contribution in [0.1, 0.15) is 30.1 Å². The summed E-state index contributed by atoms with van der Waals surface area (Å²) in [7, 11) is 0. The molecule has 1 aliphatic heterocycles. The summed E-state index contributed by atoms with van der Waals surface area (Å²) in [6, 6.07) is 0. The van der Waals surface area contributed by atoms with Gasteiger partial charge < -0.3 is 19.2 Å². The number of hydrogen-bond acceptors (Lipinski definition) is 5. The number of carbonyl (C=O) groups excluding carboxylic acids is 1. The molecule has 1 N–H and O–H groups in total. The molecule has 0 bridgehead atoms. The maximum absolute atomic E-state index is 11.7. The fourth-order valence-electron chi connectivity index (χ4n) is 1.67. The smallest absolute Gasteiger partial charge is 0.289 e. The minimum absolute atomic E-state index is 0.128. The summed E-state index contributed by atoms with van der Waals surface area (Å²) in [5.41, 5.74) is 0.575. The van der Waals surface area contributed by atoms with Crippen LogP contribution in [0.3, 0.4) is 0 Å². The topological polar surface area (TPSA) is 73.6 Å². The van der Waals surface area contributed by atoms with Gasteiger partial charge in [0.15, 0.2) is 12.2 Å². The van der Waals surface area contributed by atoms with E-state index < -0.39 is 5.79 Å². The lowest BCUT2D eigenvalue weighted by Gasteiger charge is -2.17. The first-order valence-corrected chi connectivity index (χ1v) is 5.48. The number of rotatable bonds is 3. The molecule has 2 rings (SSSR count). The Kier molecular flexibility index (Phi) is 3.17. The second kappa shape index (κ2) is 4.46. The van der Waals surface area contributed by atoms with Crippen molar-refractivity contribution in [1.82, 2.24) is 10.3 Å². The van der Waals surface area contributed by atoms with Crippen LogP contribution in [-0.4, -0.2) is 35.9 Å². The summed E-state index contributed by atoms with van der Waals surface area (Å²) >= 11 is 0. The third-order valence-electron chi connectivity index (χ3n) is 2.51. The summed E-state index contributed by atoms with van der Waals surface area (Å²) in [6.07, 6.45) is 1.12. The van der Waals surface area contributed by atoms with E-state index in [4.69, 9.17) is 13.9 Å². The molecule has 0 aromatic carbocycles. The zero-order valence-electron chi connectivity index (χ0n) is 10.1. The highest BCUT2D eigenvalue weighted by Crippen LogP contribution is 2.21. The minimum atomic E-state index is -0.572. The quantitative estimate of drug-likeness (QED) is 0.848. The zero-order chi connectivity index (χ0) is 12.5. The van der Waals surface area contributed by atoms with Gasteiger partial charge in [0.25, 0.3) is 5.91 Å². The van der Waals surface area contributed by atoms with Gasteiger partial charge in [-0.3, -0.25) is 4.79 Å². The van der Waals surface area contributed by atoms with Crippen LogP contribution in [0.15, 0.2) is 10.8 Å². The molecule has 2 heterocycles. The number of nitrogens with zero attached hydrogens (tertiary/aromatic N) is 1. The van der Waals surface area contributed by atoms with Gasteiger partial charge in [-0.2, -0.15) is 0 Å². The fourth-order valence-corrected chi connectivity index (χ4v) is 1.67. The van der Waals surface area contributed by atoms with Crippen LogP contribution in [0.2, 0.25) is 0 Å². The Labute approximate surface area is 99.3 Å². The van der Waals surface area contributed by atoms with Crippen LogP contribution in [0, 0.1) is 6.92 Å². The molecule has 1 unspecified atom stereocenters. The Morgan fingerprint density at radius 2 is 2.41 bits per heavy atom. The molecule has 0 saturated carbocycles. The molecule has 0 aliphatic carbocycles. The molecule has 6 nitrogen and oxygen atoms in total. The lowest BCUT2D eigenvalue weighted by molar-refractivity contribution is -0.137. The molecule has 1 saturated heterocycles. The normalized spacial score (nSPS) is 22.6. The summed E-state index contributed by atoms with van der Waals surface area (Å²) < 4.78 is 15.9. The number of hydrogen-bond donors (Lipinski definition) is 1. The van der Waals surface area contributed by atoms with Crippen LogP contribution in [-0.2, 0) is 9.47 Å². The second-order valence-electron chi connectivity index (χ2n) is 4.43. The maximum Gasteiger partial charge on any atom is 0.289 e. The Bertz CT molecular complexity index is 413. The van der Waals surface area contributed by atoms with E-state index in [1.54, 1.807) is 6.92 Å². The average molecular weight is 240 g/mol. The number of nitrogens with one attached hydrogen (secondary N) is 1. The number of aryl methyl sites for hydroxylation is 1. The van der Waals surface area contributed by atoms with Crippen molar-refractivity contribution < 1.29 is 18.7 Å². The van der Waals surface area contributed by atoms with Gasteiger partial charge in [-0.1, -0.05) is 0 Å². The SMILES string of the molecule is Cc1ncoc1C(=O)NCC1COC(C)(C)O1. The number of carbonyl (C=O) groups is 1. The van der Waals surface area contributed by atoms with Gasteiger partial charge in [-0.15, -0.1) is 0 Å². The fraction of sp³-hybridized carbons (Fsp3) is 0.636. The van der Waals surface area contributed by atoms with Gasteiger partial charge in [0, 0.05) is 6.54 Å². The number of ether oxygens (including phenoxy) is 2.